The van der Waals surface area contributed by atoms with Gasteiger partial charge in [-0.2, -0.15) is 0 Å². The topological polar surface area (TPSA) is 81.9 Å². The Hall–Kier alpha value is -3.78. The van der Waals surface area contributed by atoms with Gasteiger partial charge < -0.3 is 14.4 Å². The first-order valence-electron chi connectivity index (χ1n) is 13.0. The summed E-state index contributed by atoms with van der Waals surface area (Å²) in [6.07, 6.45) is 3.40. The van der Waals surface area contributed by atoms with E-state index in [1.54, 1.807) is 20.3 Å². The molecular weight excluding hydrogens is 512 g/mol. The number of rotatable bonds is 12. The molecule has 3 aromatic carbocycles. The molecule has 0 radical (unpaired) electrons. The number of carbonyl (C=O) groups excluding carboxylic acids is 1. The lowest BCUT2D eigenvalue weighted by Crippen LogP contribution is -2.74. The van der Waals surface area contributed by atoms with E-state index in [0.717, 1.165) is 27.5 Å². The molecule has 0 saturated carbocycles. The van der Waals surface area contributed by atoms with E-state index in [1.807, 2.05) is 90.7 Å². The molecule has 1 aliphatic rings. The quantitative estimate of drug-likeness (QED) is 0.153. The zero-order valence-electron chi connectivity index (χ0n) is 22.7. The highest BCUT2D eigenvalue weighted by atomic mass is 32.2. The van der Waals surface area contributed by atoms with Crippen LogP contribution < -0.4 is 9.47 Å². The molecule has 1 fully saturated rings. The maximum atomic E-state index is 14.2. The van der Waals surface area contributed by atoms with Gasteiger partial charge in [-0.1, -0.05) is 49.4 Å². The molecule has 3 aromatic rings. The zero-order valence-corrected chi connectivity index (χ0v) is 23.5. The summed E-state index contributed by atoms with van der Waals surface area (Å²) in [5.74, 6) is 1.53. The number of likely N-dealkylation sites (tertiary alicyclic amines) is 1. The molecule has 8 heteroatoms. The summed E-state index contributed by atoms with van der Waals surface area (Å²) in [4.78, 5) is 28.3. The van der Waals surface area contributed by atoms with Crippen LogP contribution in [0, 0.1) is 10.1 Å². The van der Waals surface area contributed by atoms with Crippen LogP contribution in [0.1, 0.15) is 31.4 Å². The summed E-state index contributed by atoms with van der Waals surface area (Å²) in [5.41, 5.74) is 2.15. The maximum absolute atomic E-state index is 14.2. The van der Waals surface area contributed by atoms with Crippen molar-refractivity contribution in [1.29, 1.82) is 0 Å². The van der Waals surface area contributed by atoms with Crippen LogP contribution >= 0.6 is 11.8 Å². The maximum Gasteiger partial charge on any atom is 0.242 e. The Morgan fingerprint density at radius 3 is 1.92 bits per heavy atom. The van der Waals surface area contributed by atoms with Crippen LogP contribution in [-0.4, -0.2) is 46.8 Å². The van der Waals surface area contributed by atoms with Gasteiger partial charge in [-0.3, -0.25) is 14.9 Å². The summed E-state index contributed by atoms with van der Waals surface area (Å²) in [6.45, 7) is 3.48. The van der Waals surface area contributed by atoms with Crippen molar-refractivity contribution in [1.82, 2.24) is 4.90 Å². The highest BCUT2D eigenvalue weighted by Gasteiger charge is 2.61. The molecule has 0 N–H and O–H groups in total. The Bertz CT molecular complexity index is 1260. The van der Waals surface area contributed by atoms with Crippen LogP contribution in [0.2, 0.25) is 0 Å². The number of benzene rings is 3. The van der Waals surface area contributed by atoms with Gasteiger partial charge in [-0.25, -0.2) is 0 Å². The van der Waals surface area contributed by atoms with Crippen LogP contribution in [0.25, 0.3) is 0 Å². The van der Waals surface area contributed by atoms with Crippen molar-refractivity contribution in [2.24, 2.45) is 0 Å². The molecule has 2 atom stereocenters. The average Bonchev–Trinajstić information content (AvgIpc) is 2.96. The second-order valence-electron chi connectivity index (χ2n) is 9.64. The molecule has 2 unspecified atom stereocenters. The van der Waals surface area contributed by atoms with Gasteiger partial charge in [-0.05, 0) is 66.8 Å². The van der Waals surface area contributed by atoms with Crippen LogP contribution in [0.3, 0.4) is 0 Å². The number of allylic oxidation sites excluding steroid dienone is 1. The number of thioether (sulfide) groups is 1. The highest BCUT2D eigenvalue weighted by molar-refractivity contribution is 8.01. The van der Waals surface area contributed by atoms with E-state index in [4.69, 9.17) is 9.47 Å². The number of nitrogens with zero attached hydrogens (tertiary/aromatic N) is 2. The molecule has 39 heavy (non-hydrogen) atoms. The summed E-state index contributed by atoms with van der Waals surface area (Å²) in [7, 11) is 3.26. The van der Waals surface area contributed by atoms with Crippen LogP contribution in [0.15, 0.2) is 95.5 Å². The van der Waals surface area contributed by atoms with E-state index in [0.29, 0.717) is 19.3 Å². The fourth-order valence-corrected chi connectivity index (χ4v) is 6.45. The first kappa shape index (κ1) is 28.2. The van der Waals surface area contributed by atoms with Crippen LogP contribution in [-0.2, 0) is 17.6 Å². The number of ether oxygens (including phenoxy) is 2. The minimum atomic E-state index is -0.823. The van der Waals surface area contributed by atoms with Crippen LogP contribution in [0.4, 0.5) is 0 Å². The molecule has 7 nitrogen and oxygen atoms in total. The Balaban J connectivity index is 1.74. The molecular formula is C31H34N2O5S. The Morgan fingerprint density at radius 1 is 0.974 bits per heavy atom. The third-order valence-corrected chi connectivity index (χ3v) is 8.86. The normalized spacial score (nSPS) is 19.1. The van der Waals surface area contributed by atoms with E-state index in [-0.39, 0.29) is 22.6 Å². The van der Waals surface area contributed by atoms with Gasteiger partial charge in [0.15, 0.2) is 0 Å². The number of nitro groups is 1. The predicted octanol–water partition coefficient (Wildman–Crippen LogP) is 6.19. The third-order valence-electron chi connectivity index (χ3n) is 7.28. The first-order valence-corrected chi connectivity index (χ1v) is 13.8. The minimum absolute atomic E-state index is 0.00303. The second-order valence-corrected chi connectivity index (χ2v) is 11.0. The molecule has 0 aromatic heterocycles. The molecule has 1 heterocycles. The Labute approximate surface area is 234 Å². The standard InChI is InChI=1S/C31H34N2O5S/c1-5-31(39-28-9-7-6-8-10-28)29(19-22(2)33(35)36)32(30(31)34)25(20-23-11-15-26(37-3)16-12-23)21-24-13-17-27(38-4)18-14-24/h6-19,25,29H,5,20-21H2,1-4H3. The van der Waals surface area contributed by atoms with Crippen molar-refractivity contribution >= 4 is 17.7 Å². The van der Waals surface area contributed by atoms with E-state index < -0.39 is 10.8 Å². The number of methoxy groups -OCH3 is 2. The minimum Gasteiger partial charge on any atom is -0.497 e. The van der Waals surface area contributed by atoms with Gasteiger partial charge in [0.2, 0.25) is 11.6 Å². The molecule has 1 saturated heterocycles. The van der Waals surface area contributed by atoms with Crippen molar-refractivity contribution < 1.29 is 19.2 Å². The van der Waals surface area contributed by atoms with E-state index in [1.165, 1.54) is 18.7 Å². The lowest BCUT2D eigenvalue weighted by Gasteiger charge is -2.57. The van der Waals surface area contributed by atoms with Gasteiger partial charge >= 0.3 is 0 Å². The number of hydrogen-bond acceptors (Lipinski definition) is 6. The lowest BCUT2D eigenvalue weighted by molar-refractivity contribution is -0.425. The van der Waals surface area contributed by atoms with E-state index in [9.17, 15) is 14.9 Å². The van der Waals surface area contributed by atoms with E-state index >= 15 is 0 Å². The van der Waals surface area contributed by atoms with Gasteiger partial charge in [0.25, 0.3) is 0 Å². The lowest BCUT2D eigenvalue weighted by atomic mass is 9.79. The van der Waals surface area contributed by atoms with Crippen molar-refractivity contribution in [2.45, 2.75) is 54.8 Å². The number of carbonyl (C=O) groups is 1. The van der Waals surface area contributed by atoms with Crippen molar-refractivity contribution in [2.75, 3.05) is 14.2 Å². The molecule has 0 aliphatic carbocycles. The van der Waals surface area contributed by atoms with Crippen molar-refractivity contribution in [3.8, 4) is 11.5 Å². The zero-order chi connectivity index (χ0) is 28.0. The Morgan fingerprint density at radius 2 is 1.49 bits per heavy atom. The van der Waals surface area contributed by atoms with Crippen molar-refractivity contribution in [3.63, 3.8) is 0 Å². The van der Waals surface area contributed by atoms with Gasteiger partial charge in [0, 0.05) is 23.9 Å². The molecule has 0 spiro atoms. The van der Waals surface area contributed by atoms with Gasteiger partial charge in [0.05, 0.1) is 25.2 Å². The number of β-lactam (4-membered cyclic amide) rings is 1. The SMILES string of the molecule is CCC1(Sc2ccccc2)C(=O)N(C(Cc2ccc(OC)cc2)Cc2ccc(OC)cc2)C1C=C(C)[N+](=O)[O-]. The summed E-state index contributed by atoms with van der Waals surface area (Å²) >= 11 is 1.50. The summed E-state index contributed by atoms with van der Waals surface area (Å²) < 4.78 is 9.82. The molecule has 1 aliphatic heterocycles. The molecule has 204 valence electrons. The summed E-state index contributed by atoms with van der Waals surface area (Å²) in [5, 5.41) is 11.7. The molecule has 4 rings (SSSR count). The molecule has 0 bridgehead atoms. The average molecular weight is 547 g/mol. The summed E-state index contributed by atoms with van der Waals surface area (Å²) in [6, 6.07) is 24.8. The molecule has 1 amide bonds. The highest BCUT2D eigenvalue weighted by Crippen LogP contribution is 2.50. The van der Waals surface area contributed by atoms with Crippen molar-refractivity contribution in [3.05, 3.63) is 112 Å². The van der Waals surface area contributed by atoms with Gasteiger partial charge in [0.1, 0.15) is 16.2 Å². The second kappa shape index (κ2) is 12.4. The third kappa shape index (κ3) is 6.11. The van der Waals surface area contributed by atoms with Crippen LogP contribution in [0.5, 0.6) is 11.5 Å². The predicted molar refractivity (Wildman–Crippen MR) is 154 cm³/mol. The van der Waals surface area contributed by atoms with E-state index in [2.05, 4.69) is 0 Å². The largest absolute Gasteiger partial charge is 0.497 e. The number of hydrogen-bond donors (Lipinski definition) is 0. The fraction of sp³-hybridized carbons (Fsp3) is 0.323. The monoisotopic (exact) mass is 546 g/mol. The Kier molecular flexibility index (Phi) is 8.97. The fourth-order valence-electron chi connectivity index (χ4n) is 5.10. The first-order chi connectivity index (χ1) is 18.8. The smallest absolute Gasteiger partial charge is 0.242 e. The van der Waals surface area contributed by atoms with Gasteiger partial charge in [-0.15, -0.1) is 11.8 Å². The number of amides is 1.